The number of para-hydroxylation sites is 1. The van der Waals surface area contributed by atoms with Crippen molar-refractivity contribution in [1.82, 2.24) is 10.6 Å². The standard InChI is InChI=1S/C17H21N3O4/c1-20(9-11-24-14-6-3-2-4-7-14)13-16(21)19-17(22)18-12-15-8-5-10-23-15/h2-8,10H,9,11-13H2,1H3,(H2,18,19,21,22)/p+1. The molecule has 1 heterocycles. The molecule has 0 spiro atoms. The lowest BCUT2D eigenvalue weighted by Gasteiger charge is -2.14. The van der Waals surface area contributed by atoms with Crippen LogP contribution < -0.4 is 20.3 Å². The quantitative estimate of drug-likeness (QED) is 0.645. The Hall–Kier alpha value is -2.80. The van der Waals surface area contributed by atoms with Crippen LogP contribution in [0, 0.1) is 0 Å². The molecule has 0 aliphatic carbocycles. The minimum Gasteiger partial charge on any atom is -0.488 e. The maximum absolute atomic E-state index is 11.8. The molecule has 7 nitrogen and oxygen atoms in total. The van der Waals surface area contributed by atoms with Crippen LogP contribution in [0.1, 0.15) is 5.76 Å². The van der Waals surface area contributed by atoms with E-state index in [1.165, 1.54) is 6.26 Å². The molecule has 1 aromatic carbocycles. The molecule has 0 saturated heterocycles. The van der Waals surface area contributed by atoms with Crippen molar-refractivity contribution in [3.05, 3.63) is 54.5 Å². The summed E-state index contributed by atoms with van der Waals surface area (Å²) < 4.78 is 10.7. The number of nitrogens with one attached hydrogen (secondary N) is 3. The zero-order valence-electron chi connectivity index (χ0n) is 13.6. The first-order chi connectivity index (χ1) is 11.6. The second-order valence-corrected chi connectivity index (χ2v) is 5.36. The van der Waals surface area contributed by atoms with E-state index in [0.717, 1.165) is 10.6 Å². The van der Waals surface area contributed by atoms with Crippen LogP contribution in [-0.2, 0) is 11.3 Å². The third-order valence-corrected chi connectivity index (χ3v) is 3.26. The molecular formula is C17H22N3O4+. The van der Waals surface area contributed by atoms with Gasteiger partial charge in [-0.3, -0.25) is 10.1 Å². The Labute approximate surface area is 140 Å². The van der Waals surface area contributed by atoms with Crippen LogP contribution in [0.4, 0.5) is 4.79 Å². The van der Waals surface area contributed by atoms with Gasteiger partial charge < -0.3 is 19.4 Å². The first kappa shape index (κ1) is 17.6. The number of urea groups is 1. The Kier molecular flexibility index (Phi) is 6.85. The molecule has 2 aromatic rings. The van der Waals surface area contributed by atoms with E-state index in [2.05, 4.69) is 10.6 Å². The molecule has 0 aliphatic heterocycles. The summed E-state index contributed by atoms with van der Waals surface area (Å²) in [4.78, 5) is 24.4. The molecule has 128 valence electrons. The molecular weight excluding hydrogens is 310 g/mol. The zero-order chi connectivity index (χ0) is 17.2. The number of hydrogen-bond donors (Lipinski definition) is 3. The third-order valence-electron chi connectivity index (χ3n) is 3.26. The summed E-state index contributed by atoms with van der Waals surface area (Å²) in [7, 11) is 1.87. The maximum Gasteiger partial charge on any atom is 0.321 e. The van der Waals surface area contributed by atoms with Crippen LogP contribution in [0.25, 0.3) is 0 Å². The molecule has 0 radical (unpaired) electrons. The maximum atomic E-state index is 11.8. The summed E-state index contributed by atoms with van der Waals surface area (Å²) in [6.45, 7) is 1.57. The molecule has 24 heavy (non-hydrogen) atoms. The number of amides is 3. The van der Waals surface area contributed by atoms with E-state index in [1.54, 1.807) is 12.1 Å². The van der Waals surface area contributed by atoms with Crippen molar-refractivity contribution in [2.45, 2.75) is 6.54 Å². The first-order valence-corrected chi connectivity index (χ1v) is 7.72. The summed E-state index contributed by atoms with van der Waals surface area (Å²) in [5.74, 6) is 1.08. The van der Waals surface area contributed by atoms with Gasteiger partial charge in [0.1, 0.15) is 24.7 Å². The number of hydrogen-bond acceptors (Lipinski definition) is 4. The normalized spacial score (nSPS) is 11.5. The number of carbonyl (C=O) groups is 2. The minimum absolute atomic E-state index is 0.187. The van der Waals surface area contributed by atoms with Crippen molar-refractivity contribution in [3.63, 3.8) is 0 Å². The molecule has 1 atom stereocenters. The van der Waals surface area contributed by atoms with E-state index in [-0.39, 0.29) is 19.0 Å². The Morgan fingerprint density at radius 3 is 2.67 bits per heavy atom. The smallest absolute Gasteiger partial charge is 0.321 e. The van der Waals surface area contributed by atoms with Gasteiger partial charge in [-0.2, -0.15) is 0 Å². The molecule has 0 fully saturated rings. The van der Waals surface area contributed by atoms with Gasteiger partial charge in [0, 0.05) is 0 Å². The second kappa shape index (κ2) is 9.36. The van der Waals surface area contributed by atoms with Gasteiger partial charge in [-0.15, -0.1) is 0 Å². The van der Waals surface area contributed by atoms with E-state index in [0.29, 0.717) is 18.9 Å². The molecule has 1 unspecified atom stereocenters. The van der Waals surface area contributed by atoms with Gasteiger partial charge in [0.2, 0.25) is 0 Å². The molecule has 0 aliphatic rings. The van der Waals surface area contributed by atoms with Gasteiger partial charge >= 0.3 is 6.03 Å². The highest BCUT2D eigenvalue weighted by atomic mass is 16.5. The fourth-order valence-corrected chi connectivity index (χ4v) is 2.02. The Morgan fingerprint density at radius 1 is 1.17 bits per heavy atom. The van der Waals surface area contributed by atoms with Crippen molar-refractivity contribution < 1.29 is 23.6 Å². The first-order valence-electron chi connectivity index (χ1n) is 7.72. The Balaban J connectivity index is 1.59. The molecule has 1 aromatic heterocycles. The lowest BCUT2D eigenvalue weighted by Crippen LogP contribution is -3.10. The Morgan fingerprint density at radius 2 is 1.96 bits per heavy atom. The topological polar surface area (TPSA) is 85.0 Å². The minimum atomic E-state index is -0.537. The summed E-state index contributed by atoms with van der Waals surface area (Å²) in [6, 6.07) is 12.4. The number of imide groups is 1. The van der Waals surface area contributed by atoms with Crippen LogP contribution >= 0.6 is 0 Å². The highest BCUT2D eigenvalue weighted by molar-refractivity contribution is 5.94. The number of benzene rings is 1. The number of furan rings is 1. The Bertz CT molecular complexity index is 629. The van der Waals surface area contributed by atoms with Gasteiger partial charge in [0.15, 0.2) is 6.54 Å². The number of rotatable bonds is 8. The van der Waals surface area contributed by atoms with Gasteiger partial charge in [-0.25, -0.2) is 4.79 Å². The van der Waals surface area contributed by atoms with Gasteiger partial charge in [-0.1, -0.05) is 18.2 Å². The van der Waals surface area contributed by atoms with Crippen molar-refractivity contribution in [2.75, 3.05) is 26.7 Å². The average Bonchev–Trinajstić information content (AvgIpc) is 3.07. The summed E-state index contributed by atoms with van der Waals surface area (Å²) in [5.41, 5.74) is 0. The number of likely N-dealkylation sites (N-methyl/N-ethyl adjacent to an activating group) is 1. The third kappa shape index (κ3) is 6.53. The number of carbonyl (C=O) groups excluding carboxylic acids is 2. The van der Waals surface area contributed by atoms with Crippen LogP contribution in [0.5, 0.6) is 5.75 Å². The lowest BCUT2D eigenvalue weighted by atomic mass is 10.3. The predicted octanol–water partition coefficient (Wildman–Crippen LogP) is 0.199. The molecule has 3 amide bonds. The van der Waals surface area contributed by atoms with E-state index in [9.17, 15) is 9.59 Å². The van der Waals surface area contributed by atoms with Crippen LogP contribution in [0.3, 0.4) is 0 Å². The van der Waals surface area contributed by atoms with Crippen LogP contribution in [-0.4, -0.2) is 38.7 Å². The summed E-state index contributed by atoms with van der Waals surface area (Å²) in [6.07, 6.45) is 1.52. The number of quaternary nitrogens is 1. The molecule has 2 rings (SSSR count). The zero-order valence-corrected chi connectivity index (χ0v) is 13.6. The predicted molar refractivity (Wildman–Crippen MR) is 87.6 cm³/mol. The van der Waals surface area contributed by atoms with Crippen LogP contribution in [0.2, 0.25) is 0 Å². The fourth-order valence-electron chi connectivity index (χ4n) is 2.02. The van der Waals surface area contributed by atoms with Crippen molar-refractivity contribution in [2.24, 2.45) is 0 Å². The SMILES string of the molecule is C[NH+](CCOc1ccccc1)CC(=O)NC(=O)NCc1ccco1. The van der Waals surface area contributed by atoms with Crippen molar-refractivity contribution in [1.29, 1.82) is 0 Å². The van der Waals surface area contributed by atoms with Crippen molar-refractivity contribution in [3.8, 4) is 5.75 Å². The van der Waals surface area contributed by atoms with Gasteiger partial charge in [0.25, 0.3) is 5.91 Å². The molecule has 3 N–H and O–H groups in total. The van der Waals surface area contributed by atoms with E-state index in [4.69, 9.17) is 9.15 Å². The van der Waals surface area contributed by atoms with Crippen molar-refractivity contribution >= 4 is 11.9 Å². The van der Waals surface area contributed by atoms with E-state index in [1.807, 2.05) is 37.4 Å². The molecule has 7 heteroatoms. The highest BCUT2D eigenvalue weighted by Gasteiger charge is 2.13. The summed E-state index contributed by atoms with van der Waals surface area (Å²) >= 11 is 0. The fraction of sp³-hybridized carbons (Fsp3) is 0.294. The lowest BCUT2D eigenvalue weighted by molar-refractivity contribution is -0.871. The molecule has 0 bridgehead atoms. The molecule has 0 saturated carbocycles. The number of ether oxygens (including phenoxy) is 1. The van der Waals surface area contributed by atoms with Crippen LogP contribution in [0.15, 0.2) is 53.1 Å². The highest BCUT2D eigenvalue weighted by Crippen LogP contribution is 2.07. The van der Waals surface area contributed by atoms with E-state index >= 15 is 0 Å². The largest absolute Gasteiger partial charge is 0.488 e. The average molecular weight is 332 g/mol. The summed E-state index contributed by atoms with van der Waals surface area (Å²) in [5, 5.41) is 4.84. The van der Waals surface area contributed by atoms with E-state index < -0.39 is 6.03 Å². The van der Waals surface area contributed by atoms with Gasteiger partial charge in [0.05, 0.1) is 19.9 Å². The monoisotopic (exact) mass is 332 g/mol. The second-order valence-electron chi connectivity index (χ2n) is 5.36. The van der Waals surface area contributed by atoms with Gasteiger partial charge in [-0.05, 0) is 24.3 Å².